The van der Waals surface area contributed by atoms with Crippen molar-refractivity contribution in [3.63, 3.8) is 0 Å². The maximum atomic E-state index is 12.0. The lowest BCUT2D eigenvalue weighted by Crippen LogP contribution is -2.56. The smallest absolute Gasteiger partial charge is 0.244 e. The van der Waals surface area contributed by atoms with Gasteiger partial charge in [-0.3, -0.25) is 4.79 Å². The van der Waals surface area contributed by atoms with Crippen molar-refractivity contribution in [3.8, 4) is 5.75 Å². The number of hydrogen-bond donors (Lipinski definition) is 2. The van der Waals surface area contributed by atoms with E-state index in [0.29, 0.717) is 6.61 Å². The molecule has 3 N–H and O–H groups in total. The number of carbonyl (C=O) groups is 1. The van der Waals surface area contributed by atoms with Gasteiger partial charge in [0.2, 0.25) is 5.91 Å². The molecule has 5 nitrogen and oxygen atoms in total. The topological polar surface area (TPSA) is 67.6 Å². The summed E-state index contributed by atoms with van der Waals surface area (Å²) in [6, 6.07) is 7.39. The molecule has 0 bridgehead atoms. The lowest BCUT2D eigenvalue weighted by Gasteiger charge is -2.36. The van der Waals surface area contributed by atoms with Crippen molar-refractivity contribution in [3.05, 3.63) is 24.3 Å². The third-order valence-electron chi connectivity index (χ3n) is 3.62. The molecule has 0 saturated heterocycles. The van der Waals surface area contributed by atoms with Gasteiger partial charge in [0, 0.05) is 12.2 Å². The molecule has 0 aromatic heterocycles. The molecule has 0 spiro atoms. The number of rotatable bonds is 6. The van der Waals surface area contributed by atoms with Crippen LogP contribution in [-0.2, 0) is 4.79 Å². The number of amides is 1. The Morgan fingerprint density at radius 3 is 2.50 bits per heavy atom. The number of anilines is 1. The average Bonchev–Trinajstić information content (AvgIpc) is 2.37. The summed E-state index contributed by atoms with van der Waals surface area (Å²) in [6.45, 7) is 1.51. The standard InChI is InChI=1S/C15H23N3O2/c1-18(2)10-11-20-13-6-4-12(5-7-13)17-14(19)15(16)8-3-9-15/h4-7H,3,8-11,16H2,1-2H3,(H,17,19). The van der Waals surface area contributed by atoms with Gasteiger partial charge >= 0.3 is 0 Å². The second kappa shape index (κ2) is 6.24. The quantitative estimate of drug-likeness (QED) is 0.826. The molecule has 1 aliphatic rings. The van der Waals surface area contributed by atoms with E-state index in [0.717, 1.165) is 37.2 Å². The highest BCUT2D eigenvalue weighted by Gasteiger charge is 2.40. The molecule has 1 fully saturated rings. The second-order valence-electron chi connectivity index (χ2n) is 5.64. The first-order valence-corrected chi connectivity index (χ1v) is 6.97. The Kier molecular flexibility index (Phi) is 4.62. The van der Waals surface area contributed by atoms with Crippen LogP contribution in [0.4, 0.5) is 5.69 Å². The fraction of sp³-hybridized carbons (Fsp3) is 0.533. The largest absolute Gasteiger partial charge is 0.492 e. The Morgan fingerprint density at radius 1 is 1.35 bits per heavy atom. The molecule has 0 heterocycles. The third kappa shape index (κ3) is 3.71. The molecule has 0 atom stereocenters. The predicted molar refractivity (Wildman–Crippen MR) is 79.9 cm³/mol. The lowest BCUT2D eigenvalue weighted by molar-refractivity contribution is -0.123. The molecule has 0 radical (unpaired) electrons. The summed E-state index contributed by atoms with van der Waals surface area (Å²) in [4.78, 5) is 14.0. The van der Waals surface area contributed by atoms with E-state index in [9.17, 15) is 4.79 Å². The van der Waals surface area contributed by atoms with Gasteiger partial charge in [-0.05, 0) is 57.6 Å². The van der Waals surface area contributed by atoms with E-state index >= 15 is 0 Å². The Morgan fingerprint density at radius 2 is 2.00 bits per heavy atom. The van der Waals surface area contributed by atoms with E-state index in [1.807, 2.05) is 38.4 Å². The molecule has 1 amide bonds. The number of nitrogens with zero attached hydrogens (tertiary/aromatic N) is 1. The van der Waals surface area contributed by atoms with Crippen LogP contribution in [-0.4, -0.2) is 43.6 Å². The molecule has 110 valence electrons. The summed E-state index contributed by atoms with van der Waals surface area (Å²) in [5.41, 5.74) is 6.07. The summed E-state index contributed by atoms with van der Waals surface area (Å²) < 4.78 is 5.60. The first-order valence-electron chi connectivity index (χ1n) is 6.97. The number of likely N-dealkylation sites (N-methyl/N-ethyl adjacent to an activating group) is 1. The number of benzene rings is 1. The number of ether oxygens (including phenoxy) is 1. The SMILES string of the molecule is CN(C)CCOc1ccc(NC(=O)C2(N)CCC2)cc1. The van der Waals surface area contributed by atoms with Gasteiger partial charge in [-0.2, -0.15) is 0 Å². The zero-order valence-corrected chi connectivity index (χ0v) is 12.2. The summed E-state index contributed by atoms with van der Waals surface area (Å²) >= 11 is 0. The highest BCUT2D eigenvalue weighted by atomic mass is 16.5. The van der Waals surface area contributed by atoms with Crippen LogP contribution in [0.2, 0.25) is 0 Å². The van der Waals surface area contributed by atoms with E-state index in [1.54, 1.807) is 0 Å². The van der Waals surface area contributed by atoms with E-state index in [1.165, 1.54) is 0 Å². The first-order chi connectivity index (χ1) is 9.49. The highest BCUT2D eigenvalue weighted by molar-refractivity contribution is 5.98. The predicted octanol–water partition coefficient (Wildman–Crippen LogP) is 1.45. The third-order valence-corrected chi connectivity index (χ3v) is 3.62. The van der Waals surface area contributed by atoms with Crippen LogP contribution in [0, 0.1) is 0 Å². The van der Waals surface area contributed by atoms with Gasteiger partial charge in [0.05, 0.1) is 5.54 Å². The zero-order valence-electron chi connectivity index (χ0n) is 12.2. The number of nitrogens with two attached hydrogens (primary N) is 1. The maximum absolute atomic E-state index is 12.0. The number of carbonyl (C=O) groups excluding carboxylic acids is 1. The maximum Gasteiger partial charge on any atom is 0.244 e. The molecule has 20 heavy (non-hydrogen) atoms. The van der Waals surface area contributed by atoms with Crippen LogP contribution in [0.1, 0.15) is 19.3 Å². The molecule has 1 saturated carbocycles. The van der Waals surface area contributed by atoms with Gasteiger partial charge in [0.1, 0.15) is 12.4 Å². The zero-order chi connectivity index (χ0) is 14.6. The van der Waals surface area contributed by atoms with Crippen molar-refractivity contribution < 1.29 is 9.53 Å². The van der Waals surface area contributed by atoms with Crippen molar-refractivity contribution >= 4 is 11.6 Å². The normalized spacial score (nSPS) is 16.6. The number of nitrogens with one attached hydrogen (secondary N) is 1. The molecule has 5 heteroatoms. The lowest BCUT2D eigenvalue weighted by atomic mass is 9.77. The van der Waals surface area contributed by atoms with Crippen molar-refractivity contribution in [2.45, 2.75) is 24.8 Å². The Bertz CT molecular complexity index is 453. The molecular weight excluding hydrogens is 254 g/mol. The van der Waals surface area contributed by atoms with Gasteiger partial charge < -0.3 is 20.7 Å². The summed E-state index contributed by atoms with van der Waals surface area (Å²) in [7, 11) is 4.01. The van der Waals surface area contributed by atoms with Crippen LogP contribution in [0.3, 0.4) is 0 Å². The minimum absolute atomic E-state index is 0.0926. The summed E-state index contributed by atoms with van der Waals surface area (Å²) in [5, 5.41) is 2.86. The van der Waals surface area contributed by atoms with Crippen LogP contribution in [0.25, 0.3) is 0 Å². The molecule has 1 aromatic rings. The van der Waals surface area contributed by atoms with Crippen LogP contribution < -0.4 is 15.8 Å². The van der Waals surface area contributed by atoms with Gasteiger partial charge in [0.15, 0.2) is 0 Å². The second-order valence-corrected chi connectivity index (χ2v) is 5.64. The minimum Gasteiger partial charge on any atom is -0.492 e. The molecule has 2 rings (SSSR count). The average molecular weight is 277 g/mol. The summed E-state index contributed by atoms with van der Waals surface area (Å²) in [6.07, 6.45) is 2.57. The van der Waals surface area contributed by atoms with E-state index in [2.05, 4.69) is 10.2 Å². The molecular formula is C15H23N3O2. The van der Waals surface area contributed by atoms with Gasteiger partial charge in [0.25, 0.3) is 0 Å². The monoisotopic (exact) mass is 277 g/mol. The minimum atomic E-state index is -0.666. The van der Waals surface area contributed by atoms with E-state index < -0.39 is 5.54 Å². The Labute approximate surface area is 120 Å². The van der Waals surface area contributed by atoms with Crippen LogP contribution in [0.15, 0.2) is 24.3 Å². The fourth-order valence-corrected chi connectivity index (χ4v) is 2.02. The van der Waals surface area contributed by atoms with E-state index in [4.69, 9.17) is 10.5 Å². The van der Waals surface area contributed by atoms with Gasteiger partial charge in [-0.15, -0.1) is 0 Å². The number of hydrogen-bond acceptors (Lipinski definition) is 4. The molecule has 0 aliphatic heterocycles. The Balaban J connectivity index is 1.83. The van der Waals surface area contributed by atoms with Crippen molar-refractivity contribution in [1.29, 1.82) is 0 Å². The van der Waals surface area contributed by atoms with Gasteiger partial charge in [-0.25, -0.2) is 0 Å². The summed E-state index contributed by atoms with van der Waals surface area (Å²) in [5.74, 6) is 0.709. The van der Waals surface area contributed by atoms with Crippen molar-refractivity contribution in [1.82, 2.24) is 4.90 Å². The Hall–Kier alpha value is -1.59. The molecule has 1 aliphatic carbocycles. The first kappa shape index (κ1) is 14.8. The molecule has 1 aromatic carbocycles. The van der Waals surface area contributed by atoms with Crippen molar-refractivity contribution in [2.75, 3.05) is 32.6 Å². The van der Waals surface area contributed by atoms with Gasteiger partial charge in [-0.1, -0.05) is 0 Å². The molecule has 0 unspecified atom stereocenters. The highest BCUT2D eigenvalue weighted by Crippen LogP contribution is 2.30. The van der Waals surface area contributed by atoms with E-state index in [-0.39, 0.29) is 5.91 Å². The van der Waals surface area contributed by atoms with Crippen LogP contribution in [0.5, 0.6) is 5.75 Å². The fourth-order valence-electron chi connectivity index (χ4n) is 2.02. The van der Waals surface area contributed by atoms with Crippen LogP contribution >= 0.6 is 0 Å². The van der Waals surface area contributed by atoms with Crippen molar-refractivity contribution in [2.24, 2.45) is 5.73 Å².